The van der Waals surface area contributed by atoms with Gasteiger partial charge in [0.15, 0.2) is 12.3 Å². The van der Waals surface area contributed by atoms with E-state index in [-0.39, 0.29) is 24.0 Å². The summed E-state index contributed by atoms with van der Waals surface area (Å²) in [6.07, 6.45) is 36.3. The Hall–Kier alpha value is -2.28. The monoisotopic (exact) mass is 768 g/mol. The van der Waals surface area contributed by atoms with Gasteiger partial charge in [-0.15, -0.1) is 0 Å². The molecular weight excluding hydrogens is 703 g/mol. The normalized spacial score (nSPS) is 13.5. The van der Waals surface area contributed by atoms with E-state index in [4.69, 9.17) is 9.15 Å². The van der Waals surface area contributed by atoms with Gasteiger partial charge in [0.1, 0.15) is 0 Å². The molecule has 4 rings (SSSR count). The summed E-state index contributed by atoms with van der Waals surface area (Å²) in [6.45, 7) is 6.54. The molecule has 0 bridgehead atoms. The number of fused-ring (bicyclic) bond motifs is 2. The molecule has 0 N–H and O–H groups in total. The topological polar surface area (TPSA) is 29.5 Å². The van der Waals surface area contributed by atoms with E-state index in [0.29, 0.717) is 0 Å². The number of unbranched alkanes of at least 4 members (excludes halogenated alkanes) is 20. The predicted molar refractivity (Wildman–Crippen MR) is 201 cm³/mol. The Labute approximate surface area is 310 Å². The highest BCUT2D eigenvalue weighted by Crippen LogP contribution is 2.38. The third-order valence-electron chi connectivity index (χ3n) is 9.72. The molecule has 0 radical (unpaired) electrons. The van der Waals surface area contributed by atoms with Gasteiger partial charge < -0.3 is 38.0 Å². The van der Waals surface area contributed by atoms with Crippen molar-refractivity contribution in [3.63, 3.8) is 0 Å². The Morgan fingerprint density at radius 2 is 1.12 bits per heavy atom. The summed E-state index contributed by atoms with van der Waals surface area (Å²) in [4.78, 5) is 2.35. The van der Waals surface area contributed by atoms with Crippen LogP contribution in [0.25, 0.3) is 17.2 Å². The lowest BCUT2D eigenvalue weighted by Crippen LogP contribution is -3.00. The zero-order chi connectivity index (χ0) is 32.8. The first-order chi connectivity index (χ1) is 23.3. The first-order valence-electron chi connectivity index (χ1n) is 19.7. The van der Waals surface area contributed by atoms with Crippen molar-refractivity contribution >= 4 is 22.9 Å². The molecular formula is C43H65IN2O2. The summed E-state index contributed by atoms with van der Waals surface area (Å²) >= 11 is 0. The summed E-state index contributed by atoms with van der Waals surface area (Å²) in [7, 11) is 0. The average molecular weight is 769 g/mol. The molecule has 0 saturated heterocycles. The summed E-state index contributed by atoms with van der Waals surface area (Å²) in [5, 5.41) is 0. The van der Waals surface area contributed by atoms with Crippen LogP contribution in [0.5, 0.6) is 5.75 Å². The second kappa shape index (κ2) is 24.8. The smallest absolute Gasteiger partial charge is 0.374 e. The minimum atomic E-state index is 0. The average Bonchev–Trinajstić information content (AvgIpc) is 3.63. The van der Waals surface area contributed by atoms with Crippen LogP contribution in [-0.2, 0) is 6.54 Å². The Bertz CT molecular complexity index is 1330. The zero-order valence-electron chi connectivity index (χ0n) is 30.4. The maximum Gasteiger partial charge on any atom is 0.374 e. The van der Waals surface area contributed by atoms with E-state index in [0.717, 1.165) is 36.2 Å². The Morgan fingerprint density at radius 1 is 0.604 bits per heavy atom. The Morgan fingerprint density at radius 3 is 1.75 bits per heavy atom. The van der Waals surface area contributed by atoms with E-state index in [1.54, 1.807) is 0 Å². The van der Waals surface area contributed by atoms with Gasteiger partial charge in [-0.2, -0.15) is 4.57 Å². The molecule has 0 saturated carbocycles. The number of rotatable bonds is 26. The molecule has 1 aromatic heterocycles. The van der Waals surface area contributed by atoms with Gasteiger partial charge in [-0.25, -0.2) is 0 Å². The van der Waals surface area contributed by atoms with E-state index in [1.807, 2.05) is 0 Å². The van der Waals surface area contributed by atoms with Gasteiger partial charge in [0.2, 0.25) is 11.5 Å². The number of aryl methyl sites for hydroxylation is 1. The lowest BCUT2D eigenvalue weighted by Gasteiger charge is -2.18. The van der Waals surface area contributed by atoms with Gasteiger partial charge in [-0.05, 0) is 43.2 Å². The highest BCUT2D eigenvalue weighted by Gasteiger charge is 2.25. The third-order valence-corrected chi connectivity index (χ3v) is 9.72. The van der Waals surface area contributed by atoms with Crippen LogP contribution in [0, 0.1) is 0 Å². The van der Waals surface area contributed by atoms with Crippen LogP contribution in [0.15, 0.2) is 71.0 Å². The molecule has 48 heavy (non-hydrogen) atoms. The number of anilines is 1. The van der Waals surface area contributed by atoms with Crippen LogP contribution in [0.1, 0.15) is 161 Å². The summed E-state index contributed by atoms with van der Waals surface area (Å²) in [6, 6.07) is 16.8. The molecule has 1 aliphatic heterocycles. The Kier molecular flexibility index (Phi) is 20.7. The molecule has 2 aromatic carbocycles. The van der Waals surface area contributed by atoms with E-state index >= 15 is 0 Å². The molecule has 0 atom stereocenters. The minimum absolute atomic E-state index is 0. The van der Waals surface area contributed by atoms with Crippen LogP contribution >= 0.6 is 0 Å². The second-order valence-corrected chi connectivity index (χ2v) is 13.7. The number of allylic oxidation sites excluding steroid dienone is 2. The molecule has 4 nitrogen and oxygen atoms in total. The number of aromatic nitrogens is 1. The van der Waals surface area contributed by atoms with Crippen LogP contribution in [0.3, 0.4) is 0 Å². The van der Waals surface area contributed by atoms with Crippen molar-refractivity contribution in [3.8, 4) is 5.75 Å². The quantitative estimate of drug-likeness (QED) is 0.0463. The summed E-state index contributed by atoms with van der Waals surface area (Å²) in [5.41, 5.74) is 3.29. The van der Waals surface area contributed by atoms with Crippen molar-refractivity contribution in [2.45, 2.75) is 162 Å². The minimum Gasteiger partial charge on any atom is -1.00 e. The fraction of sp³-hybridized carbons (Fsp3) is 0.605. The van der Waals surface area contributed by atoms with Crippen molar-refractivity contribution < 1.29 is 37.7 Å². The number of hydrogen-bond acceptors (Lipinski definition) is 3. The number of hydrogen-bond donors (Lipinski definition) is 0. The number of para-hydroxylation sites is 4. The lowest BCUT2D eigenvalue weighted by molar-refractivity contribution is -0.678. The van der Waals surface area contributed by atoms with Gasteiger partial charge >= 0.3 is 5.89 Å². The molecule has 5 heteroatoms. The maximum atomic E-state index is 6.34. The second-order valence-electron chi connectivity index (χ2n) is 13.7. The first-order valence-corrected chi connectivity index (χ1v) is 19.7. The van der Waals surface area contributed by atoms with Gasteiger partial charge in [0.05, 0.1) is 11.8 Å². The van der Waals surface area contributed by atoms with E-state index in [9.17, 15) is 0 Å². The standard InChI is InChI=1S/C43H65N2O2.HI/c1-3-5-7-9-11-12-13-14-15-16-17-18-19-20-22-28-37-45-39-31-24-26-33-41(39)47-43(45)35-29-34-42-44(36-27-21-10-8-6-4-2)38-30-23-25-32-40(38)46-42;/h23-26,29-35H,3-22,27-28,36-37H2,1-2H3;1H/q+1;/p-1. The van der Waals surface area contributed by atoms with Gasteiger partial charge in [0, 0.05) is 19.0 Å². The van der Waals surface area contributed by atoms with Crippen molar-refractivity contribution in [2.75, 3.05) is 11.4 Å². The van der Waals surface area contributed by atoms with Crippen LogP contribution in [0.2, 0.25) is 0 Å². The molecule has 2 heterocycles. The summed E-state index contributed by atoms with van der Waals surface area (Å²) in [5.74, 6) is 2.75. The number of ether oxygens (including phenoxy) is 1. The van der Waals surface area contributed by atoms with Crippen molar-refractivity contribution in [3.05, 3.63) is 72.5 Å². The van der Waals surface area contributed by atoms with Gasteiger partial charge in [-0.3, -0.25) is 0 Å². The zero-order valence-corrected chi connectivity index (χ0v) is 32.6. The molecule has 0 fully saturated rings. The molecule has 0 amide bonds. The SMILES string of the molecule is CCCCCCCCCCCCCCCCCCN1C(=CC=Cc2oc3ccccc3[n+]2CCCCCCCC)Oc2ccccc21.[I-]. The van der Waals surface area contributed by atoms with E-state index < -0.39 is 0 Å². The van der Waals surface area contributed by atoms with Gasteiger partial charge in [0.25, 0.3) is 5.52 Å². The largest absolute Gasteiger partial charge is 1.00 e. The Balaban J connectivity index is 0.00000625. The van der Waals surface area contributed by atoms with Crippen molar-refractivity contribution in [1.82, 2.24) is 0 Å². The van der Waals surface area contributed by atoms with Crippen LogP contribution in [-0.4, -0.2) is 6.54 Å². The maximum absolute atomic E-state index is 6.34. The van der Waals surface area contributed by atoms with Crippen LogP contribution < -0.4 is 38.2 Å². The predicted octanol–water partition coefficient (Wildman–Crippen LogP) is 10.1. The lowest BCUT2D eigenvalue weighted by atomic mass is 10.0. The van der Waals surface area contributed by atoms with Crippen molar-refractivity contribution in [1.29, 1.82) is 0 Å². The molecule has 266 valence electrons. The molecule has 0 unspecified atom stereocenters. The highest BCUT2D eigenvalue weighted by atomic mass is 127. The number of benzene rings is 2. The van der Waals surface area contributed by atoms with E-state index in [1.165, 1.54) is 152 Å². The summed E-state index contributed by atoms with van der Waals surface area (Å²) < 4.78 is 15.0. The fourth-order valence-electron chi connectivity index (χ4n) is 6.90. The number of oxazole rings is 1. The van der Waals surface area contributed by atoms with Gasteiger partial charge in [-0.1, -0.05) is 160 Å². The van der Waals surface area contributed by atoms with E-state index in [2.05, 4.69) is 90.1 Å². The number of halogens is 1. The molecule has 3 aromatic rings. The third kappa shape index (κ3) is 13.9. The van der Waals surface area contributed by atoms with Crippen molar-refractivity contribution in [2.24, 2.45) is 0 Å². The molecule has 1 aliphatic rings. The van der Waals surface area contributed by atoms with Crippen LogP contribution in [0.4, 0.5) is 5.69 Å². The molecule has 0 spiro atoms. The highest BCUT2D eigenvalue weighted by molar-refractivity contribution is 5.70. The fourth-order valence-corrected chi connectivity index (χ4v) is 6.90. The number of nitrogens with zero attached hydrogens (tertiary/aromatic N) is 2. The first kappa shape index (κ1) is 40.2. The molecule has 0 aliphatic carbocycles.